The third-order valence-electron chi connectivity index (χ3n) is 3.73. The molecule has 0 aromatic heterocycles. The topological polar surface area (TPSA) is 20.2 Å². The summed E-state index contributed by atoms with van der Waals surface area (Å²) in [5.74, 6) is 0. The summed E-state index contributed by atoms with van der Waals surface area (Å²) in [6.45, 7) is 0. The number of aliphatic hydroxyl groups is 1. The van der Waals surface area contributed by atoms with Crippen LogP contribution in [0, 0.1) is 0 Å². The Labute approximate surface area is 117 Å². The van der Waals surface area contributed by atoms with Crippen molar-refractivity contribution in [2.24, 2.45) is 0 Å². The number of hydrogen-bond donors (Lipinski definition) is 1. The van der Waals surface area contributed by atoms with Crippen molar-refractivity contribution < 1.29 is 18.3 Å². The van der Waals surface area contributed by atoms with Crippen molar-refractivity contribution in [2.75, 3.05) is 0 Å². The summed E-state index contributed by atoms with van der Waals surface area (Å²) in [6.07, 6.45) is 3.19. The predicted molar refractivity (Wildman–Crippen MR) is 72.2 cm³/mol. The average Bonchev–Trinajstić information content (AvgIpc) is 2.37. The number of benzene rings is 1. The first-order valence-corrected chi connectivity index (χ1v) is 7.02. The number of rotatable bonds is 2. The minimum atomic E-state index is -4.33. The lowest BCUT2D eigenvalue weighted by atomic mass is 9.92. The van der Waals surface area contributed by atoms with Gasteiger partial charge in [-0.15, -0.1) is 0 Å². The summed E-state index contributed by atoms with van der Waals surface area (Å²) in [5.41, 5.74) is 0.786. The van der Waals surface area contributed by atoms with Gasteiger partial charge in [0.05, 0.1) is 5.56 Å². The van der Waals surface area contributed by atoms with E-state index in [0.29, 0.717) is 5.56 Å². The van der Waals surface area contributed by atoms with E-state index in [0.717, 1.165) is 49.8 Å². The van der Waals surface area contributed by atoms with E-state index in [-0.39, 0.29) is 0 Å². The van der Waals surface area contributed by atoms with Crippen LogP contribution in [0.1, 0.15) is 55.8 Å². The highest BCUT2D eigenvalue weighted by Crippen LogP contribution is 2.32. The molecular weight excluding hydrogens is 265 g/mol. The molecule has 1 aromatic carbocycles. The minimum absolute atomic E-state index is 0.532. The molecule has 0 saturated carbocycles. The van der Waals surface area contributed by atoms with Crippen molar-refractivity contribution >= 4 is 0 Å². The van der Waals surface area contributed by atoms with Crippen LogP contribution >= 0.6 is 0 Å². The highest BCUT2D eigenvalue weighted by molar-refractivity contribution is 5.30. The second kappa shape index (κ2) is 6.44. The minimum Gasteiger partial charge on any atom is -0.384 e. The standard InChI is InChI=1S/C16H19F3O/c17-16(18,19)14-10-8-13(9-11-14)15(20)12-6-4-2-1-3-5-7-12/h6,8-11,15,20H,1-5,7H2/b12-6+. The van der Waals surface area contributed by atoms with Crippen LogP contribution in [0.5, 0.6) is 0 Å². The smallest absolute Gasteiger partial charge is 0.384 e. The second-order valence-electron chi connectivity index (χ2n) is 5.25. The van der Waals surface area contributed by atoms with Crippen LogP contribution in [0.15, 0.2) is 35.9 Å². The van der Waals surface area contributed by atoms with Crippen molar-refractivity contribution in [3.63, 3.8) is 0 Å². The SMILES string of the molecule is OC(/C1=C/CCCCCC1)c1ccc(C(F)(F)F)cc1. The van der Waals surface area contributed by atoms with Crippen molar-refractivity contribution in [1.82, 2.24) is 0 Å². The van der Waals surface area contributed by atoms with Crippen LogP contribution in [0.4, 0.5) is 13.2 Å². The van der Waals surface area contributed by atoms with E-state index in [2.05, 4.69) is 0 Å². The summed E-state index contributed by atoms with van der Waals surface area (Å²) in [7, 11) is 0. The summed E-state index contributed by atoms with van der Waals surface area (Å²) in [5, 5.41) is 10.3. The van der Waals surface area contributed by atoms with Crippen LogP contribution in [-0.2, 0) is 6.18 Å². The molecule has 1 aliphatic carbocycles. The Bertz CT molecular complexity index is 460. The Hall–Kier alpha value is -1.29. The number of aliphatic hydroxyl groups excluding tert-OH is 1. The van der Waals surface area contributed by atoms with Crippen LogP contribution in [0.2, 0.25) is 0 Å². The summed E-state index contributed by atoms with van der Waals surface area (Å²) in [4.78, 5) is 0. The highest BCUT2D eigenvalue weighted by Gasteiger charge is 2.30. The molecule has 0 spiro atoms. The Morgan fingerprint density at radius 3 is 2.25 bits per heavy atom. The molecule has 1 N–H and O–H groups in total. The first-order valence-electron chi connectivity index (χ1n) is 7.02. The molecule has 2 rings (SSSR count). The first kappa shape index (κ1) is 15.1. The lowest BCUT2D eigenvalue weighted by Gasteiger charge is -2.18. The molecule has 1 aliphatic rings. The van der Waals surface area contributed by atoms with Crippen LogP contribution in [-0.4, -0.2) is 5.11 Å². The van der Waals surface area contributed by atoms with Gasteiger partial charge in [-0.25, -0.2) is 0 Å². The molecule has 0 aliphatic heterocycles. The maximum absolute atomic E-state index is 12.5. The molecule has 0 fully saturated rings. The van der Waals surface area contributed by atoms with Gasteiger partial charge in [0.2, 0.25) is 0 Å². The first-order chi connectivity index (χ1) is 9.48. The van der Waals surface area contributed by atoms with Crippen LogP contribution in [0.25, 0.3) is 0 Å². The second-order valence-corrected chi connectivity index (χ2v) is 5.25. The fraction of sp³-hybridized carbons (Fsp3) is 0.500. The number of halogens is 3. The third-order valence-corrected chi connectivity index (χ3v) is 3.73. The fourth-order valence-corrected chi connectivity index (χ4v) is 2.53. The quantitative estimate of drug-likeness (QED) is 0.756. The van der Waals surface area contributed by atoms with Crippen molar-refractivity contribution in [3.8, 4) is 0 Å². The van der Waals surface area contributed by atoms with Gasteiger partial charge in [0.1, 0.15) is 6.10 Å². The number of allylic oxidation sites excluding steroid dienone is 1. The molecule has 4 heteroatoms. The molecule has 0 saturated heterocycles. The molecule has 110 valence electrons. The lowest BCUT2D eigenvalue weighted by Crippen LogP contribution is -2.07. The molecule has 1 aromatic rings. The number of hydrogen-bond acceptors (Lipinski definition) is 1. The summed E-state index contributed by atoms with van der Waals surface area (Å²) < 4.78 is 37.5. The molecule has 0 heterocycles. The maximum Gasteiger partial charge on any atom is 0.416 e. The molecule has 1 unspecified atom stereocenters. The maximum atomic E-state index is 12.5. The Morgan fingerprint density at radius 1 is 0.950 bits per heavy atom. The van der Waals surface area contributed by atoms with E-state index in [1.165, 1.54) is 18.6 Å². The fourth-order valence-electron chi connectivity index (χ4n) is 2.53. The van der Waals surface area contributed by atoms with Crippen LogP contribution < -0.4 is 0 Å². The van der Waals surface area contributed by atoms with E-state index in [1.54, 1.807) is 0 Å². The van der Waals surface area contributed by atoms with Gasteiger partial charge in [-0.2, -0.15) is 13.2 Å². The van der Waals surface area contributed by atoms with Crippen molar-refractivity contribution in [3.05, 3.63) is 47.0 Å². The molecule has 0 radical (unpaired) electrons. The van der Waals surface area contributed by atoms with Gasteiger partial charge in [-0.3, -0.25) is 0 Å². The lowest BCUT2D eigenvalue weighted by molar-refractivity contribution is -0.137. The Kier molecular flexibility index (Phi) is 4.86. The van der Waals surface area contributed by atoms with Gasteiger partial charge in [-0.1, -0.05) is 31.1 Å². The van der Waals surface area contributed by atoms with E-state index in [1.807, 2.05) is 6.08 Å². The largest absolute Gasteiger partial charge is 0.416 e. The Balaban J connectivity index is 2.13. The zero-order valence-electron chi connectivity index (χ0n) is 11.3. The third kappa shape index (κ3) is 3.85. The molecule has 0 bridgehead atoms. The van der Waals surface area contributed by atoms with Gasteiger partial charge < -0.3 is 5.11 Å². The summed E-state index contributed by atoms with van der Waals surface area (Å²) in [6, 6.07) is 4.80. The van der Waals surface area contributed by atoms with E-state index >= 15 is 0 Å². The monoisotopic (exact) mass is 284 g/mol. The van der Waals surface area contributed by atoms with Gasteiger partial charge in [0.25, 0.3) is 0 Å². The normalized spacial score (nSPS) is 21.5. The van der Waals surface area contributed by atoms with E-state index in [9.17, 15) is 18.3 Å². The van der Waals surface area contributed by atoms with Crippen LogP contribution in [0.3, 0.4) is 0 Å². The van der Waals surface area contributed by atoms with Crippen molar-refractivity contribution in [2.45, 2.75) is 50.8 Å². The predicted octanol–water partition coefficient (Wildman–Crippen LogP) is 5.02. The highest BCUT2D eigenvalue weighted by atomic mass is 19.4. The molecule has 1 atom stereocenters. The van der Waals surface area contributed by atoms with E-state index in [4.69, 9.17) is 0 Å². The van der Waals surface area contributed by atoms with Gasteiger partial charge in [-0.05, 0) is 49.0 Å². The molecule has 0 amide bonds. The zero-order valence-corrected chi connectivity index (χ0v) is 11.3. The average molecular weight is 284 g/mol. The van der Waals surface area contributed by atoms with Gasteiger partial charge in [0, 0.05) is 0 Å². The van der Waals surface area contributed by atoms with E-state index < -0.39 is 17.8 Å². The van der Waals surface area contributed by atoms with Crippen molar-refractivity contribution in [1.29, 1.82) is 0 Å². The van der Waals surface area contributed by atoms with Gasteiger partial charge >= 0.3 is 6.18 Å². The number of alkyl halides is 3. The Morgan fingerprint density at radius 2 is 1.60 bits per heavy atom. The molecule has 20 heavy (non-hydrogen) atoms. The van der Waals surface area contributed by atoms with Gasteiger partial charge in [0.15, 0.2) is 0 Å². The zero-order chi connectivity index (χ0) is 14.6. The molecular formula is C16H19F3O. The molecule has 1 nitrogen and oxygen atoms in total. The summed E-state index contributed by atoms with van der Waals surface area (Å²) >= 11 is 0.